The number of rotatable bonds is 2. The fraction of sp³-hybridized carbons (Fsp3) is 0. The van der Waals surface area contributed by atoms with Crippen molar-refractivity contribution in [3.05, 3.63) is 68.8 Å². The third-order valence-electron chi connectivity index (χ3n) is 2.81. The van der Waals surface area contributed by atoms with Crippen molar-refractivity contribution in [1.82, 2.24) is 4.98 Å². The number of halogens is 3. The van der Waals surface area contributed by atoms with E-state index in [-0.39, 0.29) is 17.2 Å². The Morgan fingerprint density at radius 1 is 1.27 bits per heavy atom. The zero-order valence-corrected chi connectivity index (χ0v) is 13.2. The van der Waals surface area contributed by atoms with Gasteiger partial charge >= 0.3 is 5.97 Å². The lowest BCUT2D eigenvalue weighted by molar-refractivity contribution is -0.129. The molecule has 3 rings (SSSR count). The van der Waals surface area contributed by atoms with Crippen LogP contribution in [0.2, 0.25) is 5.02 Å². The number of carbonyl (C=O) groups is 1. The van der Waals surface area contributed by atoms with Crippen molar-refractivity contribution in [1.29, 1.82) is 0 Å². The molecule has 0 radical (unpaired) electrons. The fourth-order valence-electron chi connectivity index (χ4n) is 1.81. The molecule has 22 heavy (non-hydrogen) atoms. The van der Waals surface area contributed by atoms with E-state index in [4.69, 9.17) is 16.3 Å². The number of pyridine rings is 1. The Labute approximate surface area is 138 Å². The minimum atomic E-state index is -0.670. The highest BCUT2D eigenvalue weighted by Crippen LogP contribution is 2.22. The monoisotopic (exact) mass is 380 g/mol. The topological polar surface area (TPSA) is 51.5 Å². The van der Waals surface area contributed by atoms with Crippen molar-refractivity contribution in [2.24, 2.45) is 4.99 Å². The van der Waals surface area contributed by atoms with Crippen molar-refractivity contribution >= 4 is 45.5 Å². The van der Waals surface area contributed by atoms with Crippen LogP contribution in [0.25, 0.3) is 6.08 Å². The second-order valence-electron chi connectivity index (χ2n) is 4.36. The van der Waals surface area contributed by atoms with E-state index < -0.39 is 11.8 Å². The van der Waals surface area contributed by atoms with Crippen molar-refractivity contribution < 1.29 is 13.9 Å². The first-order chi connectivity index (χ1) is 10.5. The van der Waals surface area contributed by atoms with Crippen LogP contribution >= 0.6 is 27.5 Å². The van der Waals surface area contributed by atoms with E-state index in [1.54, 1.807) is 18.2 Å². The zero-order chi connectivity index (χ0) is 15.7. The average Bonchev–Trinajstić information content (AvgIpc) is 2.84. The number of carbonyl (C=O) groups excluding carboxylic acids is 1. The molecule has 0 atom stereocenters. The highest BCUT2D eigenvalue weighted by atomic mass is 79.9. The van der Waals surface area contributed by atoms with Gasteiger partial charge in [0.25, 0.3) is 0 Å². The first-order valence-electron chi connectivity index (χ1n) is 6.12. The highest BCUT2D eigenvalue weighted by Gasteiger charge is 2.25. The van der Waals surface area contributed by atoms with Crippen LogP contribution < -0.4 is 0 Å². The van der Waals surface area contributed by atoms with Gasteiger partial charge in [-0.3, -0.25) is 4.98 Å². The summed E-state index contributed by atoms with van der Waals surface area (Å²) < 4.78 is 19.5. The number of hydrogen-bond donors (Lipinski definition) is 0. The van der Waals surface area contributed by atoms with E-state index >= 15 is 0 Å². The quantitative estimate of drug-likeness (QED) is 0.584. The molecule has 7 heteroatoms. The summed E-state index contributed by atoms with van der Waals surface area (Å²) in [5.74, 6) is -1.10. The Morgan fingerprint density at radius 2 is 2.09 bits per heavy atom. The number of aliphatic imine (C=N–C) groups is 1. The Morgan fingerprint density at radius 3 is 2.86 bits per heavy atom. The maximum Gasteiger partial charge on any atom is 0.363 e. The molecule has 2 aromatic rings. The minimum absolute atomic E-state index is 0.00576. The van der Waals surface area contributed by atoms with Gasteiger partial charge in [-0.15, -0.1) is 0 Å². The lowest BCUT2D eigenvalue weighted by Crippen LogP contribution is -2.07. The summed E-state index contributed by atoms with van der Waals surface area (Å²) >= 11 is 9.10. The van der Waals surface area contributed by atoms with Gasteiger partial charge < -0.3 is 4.74 Å². The average molecular weight is 382 g/mol. The SMILES string of the molecule is O=C1OC(c2cc(Cl)ccn2)=N/C1=C\c1cc(Br)ccc1F. The van der Waals surface area contributed by atoms with E-state index in [1.165, 1.54) is 24.4 Å². The van der Waals surface area contributed by atoms with Gasteiger partial charge in [-0.25, -0.2) is 14.2 Å². The third-order valence-corrected chi connectivity index (χ3v) is 3.54. The van der Waals surface area contributed by atoms with Crippen molar-refractivity contribution in [3.63, 3.8) is 0 Å². The lowest BCUT2D eigenvalue weighted by Gasteiger charge is -1.98. The summed E-state index contributed by atoms with van der Waals surface area (Å²) in [7, 11) is 0. The number of ether oxygens (including phenoxy) is 1. The van der Waals surface area contributed by atoms with E-state index in [0.29, 0.717) is 15.2 Å². The van der Waals surface area contributed by atoms with Crippen LogP contribution in [0.15, 0.2) is 51.7 Å². The van der Waals surface area contributed by atoms with E-state index in [1.807, 2.05) is 0 Å². The van der Waals surface area contributed by atoms with Crippen LogP contribution in [0, 0.1) is 5.82 Å². The van der Waals surface area contributed by atoms with Gasteiger partial charge in [0.2, 0.25) is 5.90 Å². The molecule has 0 amide bonds. The standard InChI is InChI=1S/C15H7BrClFN2O2/c16-9-1-2-11(18)8(5-9)6-13-15(21)22-14(20-13)12-7-10(17)3-4-19-12/h1-7H/b13-6-. The number of benzene rings is 1. The molecule has 0 N–H and O–H groups in total. The molecule has 0 saturated heterocycles. The maximum atomic E-state index is 13.7. The molecule has 1 aromatic heterocycles. The predicted molar refractivity (Wildman–Crippen MR) is 84.0 cm³/mol. The molecule has 1 aliphatic heterocycles. The molecule has 0 bridgehead atoms. The first kappa shape index (κ1) is 14.9. The molecule has 1 aliphatic rings. The second kappa shape index (κ2) is 5.98. The van der Waals surface area contributed by atoms with E-state index in [9.17, 15) is 9.18 Å². The summed E-state index contributed by atoms with van der Waals surface area (Å²) in [6.07, 6.45) is 2.80. The Hall–Kier alpha value is -2.05. The predicted octanol–water partition coefficient (Wildman–Crippen LogP) is 3.98. The first-order valence-corrected chi connectivity index (χ1v) is 7.29. The van der Waals surface area contributed by atoms with E-state index in [0.717, 1.165) is 0 Å². The van der Waals surface area contributed by atoms with Gasteiger partial charge in [0.15, 0.2) is 5.70 Å². The van der Waals surface area contributed by atoms with Gasteiger partial charge in [-0.1, -0.05) is 27.5 Å². The van der Waals surface area contributed by atoms with E-state index in [2.05, 4.69) is 25.9 Å². The molecule has 0 unspecified atom stereocenters. The molecule has 0 spiro atoms. The maximum absolute atomic E-state index is 13.7. The number of esters is 1. The Kier molecular flexibility index (Phi) is 4.04. The third kappa shape index (κ3) is 3.08. The molecule has 110 valence electrons. The number of cyclic esters (lactones) is 1. The van der Waals surface area contributed by atoms with Crippen molar-refractivity contribution in [3.8, 4) is 0 Å². The summed E-state index contributed by atoms with van der Waals surface area (Å²) in [4.78, 5) is 19.9. The summed E-state index contributed by atoms with van der Waals surface area (Å²) in [5.41, 5.74) is 0.554. The Bertz CT molecular complexity index is 836. The molecule has 1 aromatic carbocycles. The summed E-state index contributed by atoms with van der Waals surface area (Å²) in [6, 6.07) is 7.52. The molecule has 2 heterocycles. The van der Waals surface area contributed by atoms with Gasteiger partial charge in [-0.2, -0.15) is 0 Å². The number of aromatic nitrogens is 1. The molecule has 4 nitrogen and oxygen atoms in total. The Balaban J connectivity index is 1.99. The minimum Gasteiger partial charge on any atom is -0.400 e. The molecule has 0 saturated carbocycles. The molecular weight excluding hydrogens is 375 g/mol. The van der Waals surface area contributed by atoms with Gasteiger partial charge in [0.1, 0.15) is 11.5 Å². The molecular formula is C15H7BrClFN2O2. The number of hydrogen-bond acceptors (Lipinski definition) is 4. The highest BCUT2D eigenvalue weighted by molar-refractivity contribution is 9.10. The lowest BCUT2D eigenvalue weighted by atomic mass is 10.2. The fourth-order valence-corrected chi connectivity index (χ4v) is 2.35. The van der Waals surface area contributed by atoms with Crippen LogP contribution in [0.4, 0.5) is 4.39 Å². The molecule has 0 aliphatic carbocycles. The van der Waals surface area contributed by atoms with Crippen LogP contribution in [0.1, 0.15) is 11.3 Å². The molecule has 0 fully saturated rings. The van der Waals surface area contributed by atoms with Crippen LogP contribution in [-0.4, -0.2) is 16.9 Å². The smallest absolute Gasteiger partial charge is 0.363 e. The van der Waals surface area contributed by atoms with Crippen LogP contribution in [-0.2, 0) is 9.53 Å². The summed E-state index contributed by atoms with van der Waals surface area (Å²) in [6.45, 7) is 0. The van der Waals surface area contributed by atoms with Crippen molar-refractivity contribution in [2.45, 2.75) is 0 Å². The van der Waals surface area contributed by atoms with Gasteiger partial charge in [0.05, 0.1) is 0 Å². The van der Waals surface area contributed by atoms with Gasteiger partial charge in [-0.05, 0) is 36.4 Å². The van der Waals surface area contributed by atoms with Crippen LogP contribution in [0.5, 0.6) is 0 Å². The van der Waals surface area contributed by atoms with Crippen molar-refractivity contribution in [2.75, 3.05) is 0 Å². The zero-order valence-electron chi connectivity index (χ0n) is 10.9. The second-order valence-corrected chi connectivity index (χ2v) is 5.71. The normalized spacial score (nSPS) is 15.9. The van der Waals surface area contributed by atoms with Crippen LogP contribution in [0.3, 0.4) is 0 Å². The largest absolute Gasteiger partial charge is 0.400 e. The summed E-state index contributed by atoms with van der Waals surface area (Å²) in [5, 5.41) is 0.444. The number of nitrogens with zero attached hydrogens (tertiary/aromatic N) is 2. The van der Waals surface area contributed by atoms with Gasteiger partial charge in [0, 0.05) is 21.3 Å².